The maximum Gasteiger partial charge on any atom is 0.129 e. The van der Waals surface area contributed by atoms with Crippen molar-refractivity contribution in [3.05, 3.63) is 54.9 Å². The van der Waals surface area contributed by atoms with E-state index < -0.39 is 0 Å². The lowest BCUT2D eigenvalue weighted by Gasteiger charge is -2.03. The third-order valence-electron chi connectivity index (χ3n) is 3.11. The van der Waals surface area contributed by atoms with Crippen LogP contribution in [0.15, 0.2) is 54.9 Å². The third-order valence-corrected chi connectivity index (χ3v) is 3.11. The van der Waals surface area contributed by atoms with Crippen molar-refractivity contribution < 1.29 is 0 Å². The topological polar surface area (TPSA) is 56.7 Å². The molecule has 19 heavy (non-hydrogen) atoms. The summed E-state index contributed by atoms with van der Waals surface area (Å²) in [6, 6.07) is 13.9. The highest BCUT2D eigenvalue weighted by Crippen LogP contribution is 2.35. The summed E-state index contributed by atoms with van der Waals surface area (Å²) in [5, 5.41) is 4.53. The molecule has 4 heteroatoms. The van der Waals surface area contributed by atoms with E-state index in [0.29, 0.717) is 5.82 Å². The first-order valence-electron chi connectivity index (χ1n) is 6.05. The SMILES string of the molecule is Cn1nc(-c2ccccc2)c(-c2ccncc2)c1N. The number of nitrogen functional groups attached to an aromatic ring is 1. The van der Waals surface area contributed by atoms with Crippen molar-refractivity contribution in [2.45, 2.75) is 0 Å². The summed E-state index contributed by atoms with van der Waals surface area (Å²) in [5.74, 6) is 0.657. The van der Waals surface area contributed by atoms with E-state index in [-0.39, 0.29) is 0 Å². The van der Waals surface area contributed by atoms with Crippen LogP contribution >= 0.6 is 0 Å². The number of rotatable bonds is 2. The fourth-order valence-corrected chi connectivity index (χ4v) is 2.14. The normalized spacial score (nSPS) is 10.6. The summed E-state index contributed by atoms with van der Waals surface area (Å²) in [4.78, 5) is 4.04. The van der Waals surface area contributed by atoms with Crippen LogP contribution in [0.3, 0.4) is 0 Å². The lowest BCUT2D eigenvalue weighted by Crippen LogP contribution is -1.97. The molecular weight excluding hydrogens is 236 g/mol. The van der Waals surface area contributed by atoms with Crippen molar-refractivity contribution in [3.8, 4) is 22.4 Å². The van der Waals surface area contributed by atoms with Gasteiger partial charge in [-0.3, -0.25) is 9.67 Å². The molecule has 2 N–H and O–H groups in total. The maximum atomic E-state index is 6.15. The molecule has 0 aliphatic heterocycles. The lowest BCUT2D eigenvalue weighted by atomic mass is 10.0. The number of benzene rings is 1. The number of nitrogens with zero attached hydrogens (tertiary/aromatic N) is 3. The Labute approximate surface area is 111 Å². The van der Waals surface area contributed by atoms with Gasteiger partial charge in [-0.15, -0.1) is 0 Å². The average molecular weight is 250 g/mol. The second kappa shape index (κ2) is 4.57. The molecule has 4 nitrogen and oxygen atoms in total. The van der Waals surface area contributed by atoms with Gasteiger partial charge in [-0.1, -0.05) is 30.3 Å². The summed E-state index contributed by atoms with van der Waals surface area (Å²) >= 11 is 0. The molecule has 3 aromatic rings. The van der Waals surface area contributed by atoms with Crippen LogP contribution in [-0.2, 0) is 7.05 Å². The van der Waals surface area contributed by atoms with Gasteiger partial charge in [0.25, 0.3) is 0 Å². The minimum Gasteiger partial charge on any atom is -0.383 e. The molecular formula is C15H14N4. The van der Waals surface area contributed by atoms with Crippen molar-refractivity contribution >= 4 is 5.82 Å². The van der Waals surface area contributed by atoms with Gasteiger partial charge in [0.1, 0.15) is 11.5 Å². The Hall–Kier alpha value is -2.62. The van der Waals surface area contributed by atoms with Crippen molar-refractivity contribution in [2.75, 3.05) is 5.73 Å². The number of aryl methyl sites for hydroxylation is 1. The minimum absolute atomic E-state index is 0.657. The molecule has 1 aromatic carbocycles. The highest BCUT2D eigenvalue weighted by Gasteiger charge is 2.16. The Morgan fingerprint density at radius 2 is 1.63 bits per heavy atom. The Balaban J connectivity index is 2.25. The summed E-state index contributed by atoms with van der Waals surface area (Å²) in [5.41, 5.74) is 10.1. The Kier molecular flexibility index (Phi) is 2.76. The fraction of sp³-hybridized carbons (Fsp3) is 0.0667. The minimum atomic E-state index is 0.657. The molecule has 0 aliphatic carbocycles. The molecule has 0 amide bonds. The van der Waals surface area contributed by atoms with E-state index >= 15 is 0 Å². The van der Waals surface area contributed by atoms with Crippen molar-refractivity contribution in [1.82, 2.24) is 14.8 Å². The molecule has 0 atom stereocenters. The number of nitrogens with two attached hydrogens (primary N) is 1. The largest absolute Gasteiger partial charge is 0.383 e. The van der Waals surface area contributed by atoms with E-state index in [2.05, 4.69) is 10.1 Å². The van der Waals surface area contributed by atoms with E-state index in [1.165, 1.54) is 0 Å². The standard InChI is InChI=1S/C15H14N4/c1-19-15(16)13(11-7-9-17-10-8-11)14(18-19)12-5-3-2-4-6-12/h2-10H,16H2,1H3. The zero-order chi connectivity index (χ0) is 13.2. The van der Waals surface area contributed by atoms with Crippen molar-refractivity contribution in [1.29, 1.82) is 0 Å². The first-order valence-corrected chi connectivity index (χ1v) is 6.05. The van der Waals surface area contributed by atoms with Gasteiger partial charge in [0.2, 0.25) is 0 Å². The van der Waals surface area contributed by atoms with Crippen molar-refractivity contribution in [3.63, 3.8) is 0 Å². The lowest BCUT2D eigenvalue weighted by molar-refractivity contribution is 0.782. The number of hydrogen-bond acceptors (Lipinski definition) is 3. The number of hydrogen-bond donors (Lipinski definition) is 1. The van der Waals surface area contributed by atoms with Crippen LogP contribution in [0.1, 0.15) is 0 Å². The Morgan fingerprint density at radius 1 is 0.947 bits per heavy atom. The van der Waals surface area contributed by atoms with Crippen LogP contribution < -0.4 is 5.73 Å². The maximum absolute atomic E-state index is 6.15. The molecule has 2 heterocycles. The third kappa shape index (κ3) is 1.97. The molecule has 0 unspecified atom stereocenters. The molecule has 0 aliphatic rings. The quantitative estimate of drug-likeness (QED) is 0.760. The van der Waals surface area contributed by atoms with Gasteiger partial charge in [-0.25, -0.2) is 0 Å². The first kappa shape index (κ1) is 11.5. The second-order valence-corrected chi connectivity index (χ2v) is 4.33. The van der Waals surface area contributed by atoms with Gasteiger partial charge in [-0.2, -0.15) is 5.10 Å². The molecule has 0 saturated heterocycles. The summed E-state index contributed by atoms with van der Waals surface area (Å²) in [7, 11) is 1.85. The Morgan fingerprint density at radius 3 is 2.32 bits per heavy atom. The number of pyridine rings is 1. The van der Waals surface area contributed by atoms with Crippen LogP contribution in [0.25, 0.3) is 22.4 Å². The number of anilines is 1. The van der Waals surface area contributed by atoms with E-state index in [1.54, 1.807) is 17.1 Å². The fourth-order valence-electron chi connectivity index (χ4n) is 2.14. The summed E-state index contributed by atoms with van der Waals surface area (Å²) in [6.07, 6.45) is 3.52. The molecule has 0 fully saturated rings. The smallest absolute Gasteiger partial charge is 0.129 e. The predicted molar refractivity (Wildman–Crippen MR) is 76.3 cm³/mol. The zero-order valence-electron chi connectivity index (χ0n) is 10.6. The van der Waals surface area contributed by atoms with Crippen molar-refractivity contribution in [2.24, 2.45) is 7.05 Å². The summed E-state index contributed by atoms with van der Waals surface area (Å²) in [6.45, 7) is 0. The van der Waals surface area contributed by atoms with Crippen LogP contribution in [0, 0.1) is 0 Å². The van der Waals surface area contributed by atoms with Crippen LogP contribution in [0.4, 0.5) is 5.82 Å². The monoisotopic (exact) mass is 250 g/mol. The van der Waals surface area contributed by atoms with Crippen LogP contribution in [0.2, 0.25) is 0 Å². The molecule has 0 radical (unpaired) electrons. The van der Waals surface area contributed by atoms with E-state index in [1.807, 2.05) is 49.5 Å². The van der Waals surface area contributed by atoms with E-state index in [4.69, 9.17) is 5.73 Å². The Bertz CT molecular complexity index is 687. The average Bonchev–Trinajstić information content (AvgIpc) is 2.77. The van der Waals surface area contributed by atoms with Gasteiger partial charge in [-0.05, 0) is 17.7 Å². The highest BCUT2D eigenvalue weighted by atomic mass is 15.3. The molecule has 2 aromatic heterocycles. The van der Waals surface area contributed by atoms with Crippen LogP contribution in [-0.4, -0.2) is 14.8 Å². The van der Waals surface area contributed by atoms with Gasteiger partial charge in [0.15, 0.2) is 0 Å². The first-order chi connectivity index (χ1) is 9.27. The van der Waals surface area contributed by atoms with Gasteiger partial charge in [0, 0.05) is 25.0 Å². The second-order valence-electron chi connectivity index (χ2n) is 4.33. The van der Waals surface area contributed by atoms with Gasteiger partial charge < -0.3 is 5.73 Å². The number of aromatic nitrogens is 3. The molecule has 94 valence electrons. The van der Waals surface area contributed by atoms with Gasteiger partial charge in [0.05, 0.1) is 5.56 Å². The molecule has 0 bridgehead atoms. The highest BCUT2D eigenvalue weighted by molar-refractivity contribution is 5.87. The predicted octanol–water partition coefficient (Wildman–Crippen LogP) is 2.73. The molecule has 3 rings (SSSR count). The molecule has 0 saturated carbocycles. The molecule has 0 spiro atoms. The van der Waals surface area contributed by atoms with Crippen LogP contribution in [0.5, 0.6) is 0 Å². The summed E-state index contributed by atoms with van der Waals surface area (Å²) < 4.78 is 1.71. The van der Waals surface area contributed by atoms with E-state index in [9.17, 15) is 0 Å². The zero-order valence-corrected chi connectivity index (χ0v) is 10.6. The van der Waals surface area contributed by atoms with Gasteiger partial charge >= 0.3 is 0 Å². The van der Waals surface area contributed by atoms with E-state index in [0.717, 1.165) is 22.4 Å².